The third kappa shape index (κ3) is 2.97. The molecule has 0 radical (unpaired) electrons. The summed E-state index contributed by atoms with van der Waals surface area (Å²) >= 11 is 0. The van der Waals surface area contributed by atoms with Crippen LogP contribution in [0.5, 0.6) is 0 Å². The molecule has 0 atom stereocenters. The van der Waals surface area contributed by atoms with Crippen molar-refractivity contribution in [2.75, 3.05) is 0 Å². The van der Waals surface area contributed by atoms with Gasteiger partial charge in [-0.2, -0.15) is 0 Å². The molecular weight excluding hydrogens is 260 g/mol. The highest BCUT2D eigenvalue weighted by atomic mass is 16.1. The molecule has 2 N–H and O–H groups in total. The van der Waals surface area contributed by atoms with E-state index in [1.807, 2.05) is 36.4 Å². The zero-order chi connectivity index (χ0) is 14.7. The second kappa shape index (κ2) is 6.08. The highest BCUT2D eigenvalue weighted by Gasteiger charge is 2.17. The van der Waals surface area contributed by atoms with Crippen molar-refractivity contribution in [3.63, 3.8) is 0 Å². The number of fused-ring (bicyclic) bond motifs is 1. The first kappa shape index (κ1) is 13.8. The summed E-state index contributed by atoms with van der Waals surface area (Å²) in [6, 6.07) is 12.2. The number of benzene rings is 2. The predicted molar refractivity (Wildman–Crippen MR) is 85.9 cm³/mol. The third-order valence-electron chi connectivity index (χ3n) is 4.27. The van der Waals surface area contributed by atoms with Crippen molar-refractivity contribution in [1.82, 2.24) is 5.32 Å². The van der Waals surface area contributed by atoms with Gasteiger partial charge in [0.2, 0.25) is 5.91 Å². The van der Waals surface area contributed by atoms with Crippen LogP contribution in [0.3, 0.4) is 0 Å². The van der Waals surface area contributed by atoms with Crippen LogP contribution < -0.4 is 5.32 Å². The number of nitrogens with one attached hydrogen (secondary N) is 2. The summed E-state index contributed by atoms with van der Waals surface area (Å²) in [5.74, 6) is 0.106. The van der Waals surface area contributed by atoms with Crippen LogP contribution in [0.4, 0.5) is 0 Å². The normalized spacial score (nSPS) is 15.2. The SMILES string of the molecule is N=Cc1ccc(CC(=O)NC2CCCC2)c2ccccc12. The molecule has 0 saturated heterocycles. The van der Waals surface area contributed by atoms with Crippen LogP contribution in [0.1, 0.15) is 36.8 Å². The smallest absolute Gasteiger partial charge is 0.224 e. The fraction of sp³-hybridized carbons (Fsp3) is 0.333. The Morgan fingerprint density at radius 1 is 1.14 bits per heavy atom. The molecule has 3 heteroatoms. The van der Waals surface area contributed by atoms with Crippen molar-refractivity contribution in [3.05, 3.63) is 47.5 Å². The van der Waals surface area contributed by atoms with E-state index in [1.54, 1.807) is 0 Å². The van der Waals surface area contributed by atoms with E-state index < -0.39 is 0 Å². The summed E-state index contributed by atoms with van der Waals surface area (Å²) in [6.07, 6.45) is 6.45. The lowest BCUT2D eigenvalue weighted by molar-refractivity contribution is -0.121. The van der Waals surface area contributed by atoms with Crippen LogP contribution in [0.2, 0.25) is 0 Å². The monoisotopic (exact) mass is 280 g/mol. The van der Waals surface area contributed by atoms with Crippen LogP contribution >= 0.6 is 0 Å². The van der Waals surface area contributed by atoms with Crippen molar-refractivity contribution >= 4 is 22.9 Å². The molecule has 0 spiro atoms. The summed E-state index contributed by atoms with van der Waals surface area (Å²) < 4.78 is 0. The fourth-order valence-corrected chi connectivity index (χ4v) is 3.19. The number of rotatable bonds is 4. The van der Waals surface area contributed by atoms with E-state index in [-0.39, 0.29) is 5.91 Å². The molecule has 21 heavy (non-hydrogen) atoms. The quantitative estimate of drug-likeness (QED) is 0.828. The van der Waals surface area contributed by atoms with E-state index in [1.165, 1.54) is 19.1 Å². The number of amides is 1. The summed E-state index contributed by atoms with van der Waals surface area (Å²) in [5, 5.41) is 12.7. The Balaban J connectivity index is 1.83. The zero-order valence-corrected chi connectivity index (χ0v) is 12.1. The van der Waals surface area contributed by atoms with Gasteiger partial charge >= 0.3 is 0 Å². The van der Waals surface area contributed by atoms with Gasteiger partial charge in [-0.15, -0.1) is 0 Å². The molecule has 3 nitrogen and oxygen atoms in total. The van der Waals surface area contributed by atoms with Gasteiger partial charge in [-0.1, -0.05) is 49.2 Å². The van der Waals surface area contributed by atoms with Gasteiger partial charge in [-0.3, -0.25) is 4.79 Å². The van der Waals surface area contributed by atoms with Crippen LogP contribution in [0.25, 0.3) is 10.8 Å². The summed E-state index contributed by atoms with van der Waals surface area (Å²) in [5.41, 5.74) is 1.93. The second-order valence-corrected chi connectivity index (χ2v) is 5.73. The lowest BCUT2D eigenvalue weighted by Crippen LogP contribution is -2.33. The Morgan fingerprint density at radius 3 is 2.57 bits per heavy atom. The molecule has 3 rings (SSSR count). The van der Waals surface area contributed by atoms with E-state index in [4.69, 9.17) is 5.41 Å². The van der Waals surface area contributed by atoms with E-state index >= 15 is 0 Å². The molecule has 2 aromatic carbocycles. The molecule has 1 fully saturated rings. The maximum atomic E-state index is 12.2. The maximum Gasteiger partial charge on any atom is 0.224 e. The largest absolute Gasteiger partial charge is 0.353 e. The first-order valence-electron chi connectivity index (χ1n) is 7.58. The Labute approximate surface area is 124 Å². The van der Waals surface area contributed by atoms with E-state index in [0.717, 1.165) is 34.7 Å². The van der Waals surface area contributed by atoms with Crippen LogP contribution in [0.15, 0.2) is 36.4 Å². The molecule has 1 aliphatic carbocycles. The predicted octanol–water partition coefficient (Wildman–Crippen LogP) is 3.44. The van der Waals surface area contributed by atoms with Crippen molar-refractivity contribution in [1.29, 1.82) is 5.41 Å². The highest BCUT2D eigenvalue weighted by Crippen LogP contribution is 2.23. The molecule has 108 valence electrons. The van der Waals surface area contributed by atoms with Crippen molar-refractivity contribution in [3.8, 4) is 0 Å². The van der Waals surface area contributed by atoms with Crippen LogP contribution in [-0.2, 0) is 11.2 Å². The summed E-state index contributed by atoms with van der Waals surface area (Å²) in [4.78, 5) is 12.2. The average molecular weight is 280 g/mol. The fourth-order valence-electron chi connectivity index (χ4n) is 3.19. The van der Waals surface area contributed by atoms with E-state index in [0.29, 0.717) is 12.5 Å². The second-order valence-electron chi connectivity index (χ2n) is 5.73. The molecule has 2 aromatic rings. The zero-order valence-electron chi connectivity index (χ0n) is 12.1. The summed E-state index contributed by atoms with van der Waals surface area (Å²) in [7, 11) is 0. The molecule has 0 heterocycles. The average Bonchev–Trinajstić information content (AvgIpc) is 3.00. The van der Waals surface area contributed by atoms with Gasteiger partial charge in [-0.05, 0) is 34.7 Å². The molecule has 0 bridgehead atoms. The van der Waals surface area contributed by atoms with Gasteiger partial charge in [0.05, 0.1) is 6.42 Å². The molecule has 1 saturated carbocycles. The first-order chi connectivity index (χ1) is 10.3. The van der Waals surface area contributed by atoms with Gasteiger partial charge in [0.1, 0.15) is 0 Å². The Hall–Kier alpha value is -2.16. The van der Waals surface area contributed by atoms with Gasteiger partial charge in [0.25, 0.3) is 0 Å². The molecule has 1 aliphatic rings. The number of hydrogen-bond acceptors (Lipinski definition) is 2. The molecule has 1 amide bonds. The summed E-state index contributed by atoms with van der Waals surface area (Å²) in [6.45, 7) is 0. The minimum absolute atomic E-state index is 0.106. The Morgan fingerprint density at radius 2 is 1.86 bits per heavy atom. The minimum atomic E-state index is 0.106. The van der Waals surface area contributed by atoms with Crippen LogP contribution in [0, 0.1) is 5.41 Å². The van der Waals surface area contributed by atoms with Gasteiger partial charge < -0.3 is 10.7 Å². The lowest BCUT2D eigenvalue weighted by Gasteiger charge is -2.13. The number of hydrogen-bond donors (Lipinski definition) is 2. The van der Waals surface area contributed by atoms with Crippen LogP contribution in [-0.4, -0.2) is 18.2 Å². The van der Waals surface area contributed by atoms with Crippen molar-refractivity contribution in [2.24, 2.45) is 0 Å². The maximum absolute atomic E-state index is 12.2. The third-order valence-corrected chi connectivity index (χ3v) is 4.27. The number of carbonyl (C=O) groups is 1. The lowest BCUT2D eigenvalue weighted by atomic mass is 9.98. The Bertz CT molecular complexity index is 672. The van der Waals surface area contributed by atoms with Gasteiger partial charge in [0.15, 0.2) is 0 Å². The van der Waals surface area contributed by atoms with Gasteiger partial charge in [-0.25, -0.2) is 0 Å². The minimum Gasteiger partial charge on any atom is -0.353 e. The molecule has 0 unspecified atom stereocenters. The van der Waals surface area contributed by atoms with Crippen molar-refractivity contribution in [2.45, 2.75) is 38.1 Å². The topological polar surface area (TPSA) is 53.0 Å². The van der Waals surface area contributed by atoms with Gasteiger partial charge in [0, 0.05) is 12.3 Å². The molecule has 0 aromatic heterocycles. The van der Waals surface area contributed by atoms with E-state index in [2.05, 4.69) is 5.32 Å². The Kier molecular flexibility index (Phi) is 4.00. The first-order valence-corrected chi connectivity index (χ1v) is 7.58. The van der Waals surface area contributed by atoms with E-state index in [9.17, 15) is 4.79 Å². The van der Waals surface area contributed by atoms with Crippen molar-refractivity contribution < 1.29 is 4.79 Å². The number of carbonyl (C=O) groups excluding carboxylic acids is 1. The molecular formula is C18H20N2O. The highest BCUT2D eigenvalue weighted by molar-refractivity contribution is 6.01. The standard InChI is InChI=1S/C18H20N2O/c19-12-14-10-9-13(16-7-3-4-8-17(14)16)11-18(21)20-15-5-1-2-6-15/h3-4,7-10,12,15,19H,1-2,5-6,11H2,(H,20,21). The molecule has 0 aliphatic heterocycles.